The maximum atomic E-state index is 11.4. The molecule has 2 heterocycles. The first-order valence-corrected chi connectivity index (χ1v) is 7.60. The Balaban J connectivity index is 2.37. The van der Waals surface area contributed by atoms with Gasteiger partial charge in [0.05, 0.1) is 29.7 Å². The van der Waals surface area contributed by atoms with Crippen molar-refractivity contribution in [3.8, 4) is 0 Å². The van der Waals surface area contributed by atoms with Crippen LogP contribution in [-0.2, 0) is 21.2 Å². The van der Waals surface area contributed by atoms with E-state index >= 15 is 0 Å². The number of hydrogen-bond acceptors (Lipinski definition) is 5. The summed E-state index contributed by atoms with van der Waals surface area (Å²) >= 11 is 6.06. The summed E-state index contributed by atoms with van der Waals surface area (Å²) in [5.41, 5.74) is 0.699. The molecule has 1 aliphatic heterocycles. The first-order valence-electron chi connectivity index (χ1n) is 5.40. The lowest BCUT2D eigenvalue weighted by Gasteiger charge is -2.09. The van der Waals surface area contributed by atoms with Gasteiger partial charge in [-0.3, -0.25) is 4.79 Å². The smallest absolute Gasteiger partial charge is 0.155 e. The average molecular weight is 293 g/mol. The third-order valence-electron chi connectivity index (χ3n) is 2.92. The van der Waals surface area contributed by atoms with E-state index in [1.54, 1.807) is 0 Å². The summed E-state index contributed by atoms with van der Waals surface area (Å²) in [6.07, 6.45) is 1.08. The Kier molecular flexibility index (Phi) is 3.74. The zero-order valence-electron chi connectivity index (χ0n) is 9.80. The average Bonchev–Trinajstić information content (AvgIpc) is 2.80. The first kappa shape index (κ1) is 13.5. The highest BCUT2D eigenvalue weighted by atomic mass is 35.5. The number of sulfone groups is 1. The Morgan fingerprint density at radius 1 is 1.61 bits per heavy atom. The summed E-state index contributed by atoms with van der Waals surface area (Å²) < 4.78 is 29.2. The van der Waals surface area contributed by atoms with Crippen molar-refractivity contribution in [2.24, 2.45) is 0 Å². The minimum atomic E-state index is -3.02. The molecule has 0 spiro atoms. The van der Waals surface area contributed by atoms with E-state index in [0.717, 1.165) is 0 Å². The number of aromatic nitrogens is 2. The Morgan fingerprint density at radius 2 is 2.33 bits per heavy atom. The van der Waals surface area contributed by atoms with Crippen LogP contribution in [0.15, 0.2) is 0 Å². The molecule has 1 aromatic heterocycles. The minimum Gasteiger partial charge on any atom is -0.378 e. The van der Waals surface area contributed by atoms with Gasteiger partial charge in [0.15, 0.2) is 16.1 Å². The zero-order chi connectivity index (χ0) is 13.3. The highest BCUT2D eigenvalue weighted by Gasteiger charge is 2.32. The third kappa shape index (κ3) is 2.43. The maximum absolute atomic E-state index is 11.4. The van der Waals surface area contributed by atoms with Crippen LogP contribution in [0.5, 0.6) is 0 Å². The molecule has 18 heavy (non-hydrogen) atoms. The van der Waals surface area contributed by atoms with E-state index < -0.39 is 9.84 Å². The van der Waals surface area contributed by atoms with Gasteiger partial charge >= 0.3 is 0 Å². The van der Waals surface area contributed by atoms with E-state index in [4.69, 9.17) is 16.3 Å². The van der Waals surface area contributed by atoms with E-state index in [9.17, 15) is 13.2 Å². The van der Waals surface area contributed by atoms with Gasteiger partial charge in [0.1, 0.15) is 10.8 Å². The molecule has 1 fully saturated rings. The molecule has 1 aliphatic rings. The lowest BCUT2D eigenvalue weighted by atomic mass is 10.2. The maximum Gasteiger partial charge on any atom is 0.155 e. The van der Waals surface area contributed by atoms with Crippen molar-refractivity contribution < 1.29 is 17.9 Å². The van der Waals surface area contributed by atoms with Gasteiger partial charge < -0.3 is 4.74 Å². The minimum absolute atomic E-state index is 0.0130. The molecule has 6 nitrogen and oxygen atoms in total. The van der Waals surface area contributed by atoms with E-state index in [0.29, 0.717) is 18.4 Å². The number of hydrogen-bond donors (Lipinski definition) is 0. The van der Waals surface area contributed by atoms with Gasteiger partial charge in [-0.2, -0.15) is 5.10 Å². The second-order valence-corrected chi connectivity index (χ2v) is 6.79. The number of aldehydes is 1. The standard InChI is InChI=1S/C10H13ClN2O4S/c1-17-5-9-8(4-14)10(11)13(12-9)7-2-3-18(15,16)6-7/h4,7H,2-3,5-6H2,1H3. The molecule has 1 atom stereocenters. The highest BCUT2D eigenvalue weighted by molar-refractivity contribution is 7.91. The van der Waals surface area contributed by atoms with Crippen LogP contribution in [-0.4, -0.2) is 43.1 Å². The predicted octanol–water partition coefficient (Wildman–Crippen LogP) is 0.855. The third-order valence-corrected chi connectivity index (χ3v) is 5.04. The van der Waals surface area contributed by atoms with Crippen molar-refractivity contribution in [2.45, 2.75) is 19.1 Å². The molecule has 1 unspecified atom stereocenters. The molecule has 1 aromatic rings. The molecule has 100 valence electrons. The lowest BCUT2D eigenvalue weighted by Crippen LogP contribution is -2.13. The Bertz CT molecular complexity index is 567. The molecule has 0 aliphatic carbocycles. The number of carbonyl (C=O) groups excluding carboxylic acids is 1. The molecule has 2 rings (SSSR count). The van der Waals surface area contributed by atoms with Crippen LogP contribution in [0.4, 0.5) is 0 Å². The van der Waals surface area contributed by atoms with E-state index in [1.807, 2.05) is 0 Å². The summed E-state index contributed by atoms with van der Waals surface area (Å²) in [6.45, 7) is 0.167. The van der Waals surface area contributed by atoms with Gasteiger partial charge in [-0.15, -0.1) is 0 Å². The van der Waals surface area contributed by atoms with Crippen molar-refractivity contribution in [1.82, 2.24) is 9.78 Å². The largest absolute Gasteiger partial charge is 0.378 e. The van der Waals surface area contributed by atoms with Crippen LogP contribution < -0.4 is 0 Å². The Hall–Kier alpha value is -0.920. The van der Waals surface area contributed by atoms with Crippen molar-refractivity contribution in [1.29, 1.82) is 0 Å². The molecular formula is C10H13ClN2O4S. The summed E-state index contributed by atoms with van der Waals surface area (Å²) in [6, 6.07) is -0.299. The molecule has 8 heteroatoms. The van der Waals surface area contributed by atoms with Gasteiger partial charge in [-0.1, -0.05) is 11.6 Å². The quantitative estimate of drug-likeness (QED) is 0.769. The van der Waals surface area contributed by atoms with Gasteiger partial charge in [0, 0.05) is 7.11 Å². The van der Waals surface area contributed by atoms with Crippen LogP contribution in [0.1, 0.15) is 28.5 Å². The van der Waals surface area contributed by atoms with E-state index in [1.165, 1.54) is 11.8 Å². The van der Waals surface area contributed by atoms with Gasteiger partial charge in [-0.05, 0) is 6.42 Å². The molecule has 1 saturated heterocycles. The molecule has 0 aromatic carbocycles. The topological polar surface area (TPSA) is 78.3 Å². The first-order chi connectivity index (χ1) is 8.48. The summed E-state index contributed by atoms with van der Waals surface area (Å²) in [5.74, 6) is 0.142. The fourth-order valence-corrected chi connectivity index (χ4v) is 4.06. The lowest BCUT2D eigenvalue weighted by molar-refractivity contribution is 0.111. The number of rotatable bonds is 4. The molecule has 0 amide bonds. The normalized spacial score (nSPS) is 22.2. The molecule has 0 N–H and O–H groups in total. The second-order valence-electron chi connectivity index (χ2n) is 4.20. The van der Waals surface area contributed by atoms with Crippen LogP contribution in [0.25, 0.3) is 0 Å². The Morgan fingerprint density at radius 3 is 2.83 bits per heavy atom. The monoisotopic (exact) mass is 292 g/mol. The van der Waals surface area contributed by atoms with Crippen LogP contribution >= 0.6 is 11.6 Å². The number of ether oxygens (including phenoxy) is 1. The number of halogens is 1. The molecule has 0 bridgehead atoms. The Labute approximate surface area is 110 Å². The second kappa shape index (κ2) is 4.99. The molecular weight excluding hydrogens is 280 g/mol. The fraction of sp³-hybridized carbons (Fsp3) is 0.600. The van der Waals surface area contributed by atoms with Crippen molar-refractivity contribution in [3.05, 3.63) is 16.4 Å². The number of nitrogens with zero attached hydrogens (tertiary/aromatic N) is 2. The van der Waals surface area contributed by atoms with Crippen LogP contribution in [0.2, 0.25) is 5.15 Å². The summed E-state index contributed by atoms with van der Waals surface area (Å²) in [5, 5.41) is 4.36. The number of carbonyl (C=O) groups is 1. The van der Waals surface area contributed by atoms with Crippen LogP contribution in [0, 0.1) is 0 Å². The van der Waals surface area contributed by atoms with E-state index in [2.05, 4.69) is 5.10 Å². The number of methoxy groups -OCH3 is 1. The van der Waals surface area contributed by atoms with Crippen molar-refractivity contribution in [2.75, 3.05) is 18.6 Å². The fourth-order valence-electron chi connectivity index (χ4n) is 2.04. The van der Waals surface area contributed by atoms with Crippen LogP contribution in [0.3, 0.4) is 0 Å². The predicted molar refractivity (Wildman–Crippen MR) is 65.6 cm³/mol. The zero-order valence-corrected chi connectivity index (χ0v) is 11.4. The van der Waals surface area contributed by atoms with Gasteiger partial charge in [0.25, 0.3) is 0 Å². The summed E-state index contributed by atoms with van der Waals surface area (Å²) in [7, 11) is -1.53. The van der Waals surface area contributed by atoms with E-state index in [-0.39, 0.29) is 34.9 Å². The SMILES string of the molecule is COCc1nn(C2CCS(=O)(=O)C2)c(Cl)c1C=O. The van der Waals surface area contributed by atoms with Crippen molar-refractivity contribution >= 4 is 27.7 Å². The summed E-state index contributed by atoms with van der Waals surface area (Å²) in [4.78, 5) is 11.0. The van der Waals surface area contributed by atoms with Gasteiger partial charge in [0.2, 0.25) is 0 Å². The molecule has 0 saturated carbocycles. The van der Waals surface area contributed by atoms with Crippen molar-refractivity contribution in [3.63, 3.8) is 0 Å². The van der Waals surface area contributed by atoms with Gasteiger partial charge in [-0.25, -0.2) is 13.1 Å². The molecule has 0 radical (unpaired) electrons. The highest BCUT2D eigenvalue weighted by Crippen LogP contribution is 2.29.